The van der Waals surface area contributed by atoms with E-state index in [1.807, 2.05) is 24.4 Å². The van der Waals surface area contributed by atoms with E-state index in [1.54, 1.807) is 18.5 Å². The number of anilines is 1. The number of aryl methyl sites for hydroxylation is 1. The third kappa shape index (κ3) is 3.53. The summed E-state index contributed by atoms with van der Waals surface area (Å²) in [5, 5.41) is 14.1. The Labute approximate surface area is 180 Å². The van der Waals surface area contributed by atoms with Gasteiger partial charge in [-0.25, -0.2) is 9.97 Å². The predicted molar refractivity (Wildman–Crippen MR) is 124 cm³/mol. The first-order valence-electron chi connectivity index (χ1n) is 10.2. The van der Waals surface area contributed by atoms with Crippen molar-refractivity contribution in [1.82, 2.24) is 19.9 Å². The van der Waals surface area contributed by atoms with Crippen molar-refractivity contribution >= 4 is 16.9 Å². The highest BCUT2D eigenvalue weighted by Gasteiger charge is 2.19. The lowest BCUT2D eigenvalue weighted by atomic mass is 10.0. The summed E-state index contributed by atoms with van der Waals surface area (Å²) in [4.78, 5) is 15.7. The fourth-order valence-electron chi connectivity index (χ4n) is 4.03. The van der Waals surface area contributed by atoms with Crippen molar-refractivity contribution in [2.24, 2.45) is 0 Å². The third-order valence-electron chi connectivity index (χ3n) is 5.50. The van der Waals surface area contributed by atoms with Gasteiger partial charge in [-0.05, 0) is 43.2 Å². The van der Waals surface area contributed by atoms with Gasteiger partial charge in [-0.15, -0.1) is 0 Å². The number of aromatic nitrogens is 4. The number of benzene rings is 2. The second-order valence-corrected chi connectivity index (χ2v) is 7.71. The Balaban J connectivity index is 1.55. The summed E-state index contributed by atoms with van der Waals surface area (Å²) in [7, 11) is 0. The highest BCUT2D eigenvalue weighted by Crippen LogP contribution is 2.35. The van der Waals surface area contributed by atoms with Crippen LogP contribution in [0.25, 0.3) is 33.3 Å². The van der Waals surface area contributed by atoms with Crippen molar-refractivity contribution in [3.05, 3.63) is 84.6 Å². The largest absolute Gasteiger partial charge is 0.508 e. The number of rotatable bonds is 5. The number of nitrogens with zero attached hydrogens (tertiary/aromatic N) is 2. The van der Waals surface area contributed by atoms with Gasteiger partial charge < -0.3 is 20.4 Å². The first kappa shape index (κ1) is 18.9. The van der Waals surface area contributed by atoms with Crippen molar-refractivity contribution in [1.29, 1.82) is 0 Å². The van der Waals surface area contributed by atoms with Gasteiger partial charge in [0.05, 0.1) is 11.4 Å². The summed E-state index contributed by atoms with van der Waals surface area (Å²) >= 11 is 0. The second kappa shape index (κ2) is 7.65. The first-order valence-corrected chi connectivity index (χ1v) is 10.2. The topological polar surface area (TPSA) is 89.6 Å². The van der Waals surface area contributed by atoms with E-state index in [0.29, 0.717) is 0 Å². The number of hydrogen-bond acceptors (Lipinski definition) is 4. The number of fused-ring (bicyclic) bond motifs is 1. The molecule has 0 bridgehead atoms. The van der Waals surface area contributed by atoms with Crippen molar-refractivity contribution in [2.75, 3.05) is 5.32 Å². The third-order valence-corrected chi connectivity index (χ3v) is 5.50. The summed E-state index contributed by atoms with van der Waals surface area (Å²) < 4.78 is 0. The van der Waals surface area contributed by atoms with Gasteiger partial charge in [-0.3, -0.25) is 0 Å². The van der Waals surface area contributed by atoms with Crippen LogP contribution in [-0.4, -0.2) is 25.0 Å². The smallest absolute Gasteiger partial charge is 0.143 e. The monoisotopic (exact) mass is 409 g/mol. The summed E-state index contributed by atoms with van der Waals surface area (Å²) in [6, 6.07) is 19.7. The van der Waals surface area contributed by atoms with Gasteiger partial charge >= 0.3 is 0 Å². The van der Waals surface area contributed by atoms with Gasteiger partial charge in [-0.2, -0.15) is 0 Å². The summed E-state index contributed by atoms with van der Waals surface area (Å²) in [5.74, 6) is 0.996. The summed E-state index contributed by atoms with van der Waals surface area (Å²) in [5.41, 5.74) is 7.30. The average Bonchev–Trinajstić information content (AvgIpc) is 3.39. The molecule has 3 aromatic heterocycles. The van der Waals surface area contributed by atoms with Crippen LogP contribution in [0.3, 0.4) is 0 Å². The Bertz CT molecular complexity index is 1340. The Morgan fingerprint density at radius 1 is 0.935 bits per heavy atom. The number of H-pyrrole nitrogens is 2. The molecule has 5 aromatic rings. The second-order valence-electron chi connectivity index (χ2n) is 7.71. The number of aromatic hydroxyl groups is 1. The molecular weight excluding hydrogens is 386 g/mol. The van der Waals surface area contributed by atoms with E-state index in [2.05, 4.69) is 69.4 Å². The van der Waals surface area contributed by atoms with E-state index in [4.69, 9.17) is 0 Å². The molecule has 0 fully saturated rings. The van der Waals surface area contributed by atoms with Gasteiger partial charge in [0.25, 0.3) is 0 Å². The maximum Gasteiger partial charge on any atom is 0.143 e. The zero-order valence-corrected chi connectivity index (χ0v) is 17.3. The molecule has 5 rings (SSSR count). The van der Waals surface area contributed by atoms with E-state index in [1.165, 1.54) is 11.1 Å². The number of phenolic OH excluding ortho intramolecular Hbond substituents is 1. The van der Waals surface area contributed by atoms with Crippen molar-refractivity contribution in [2.45, 2.75) is 19.9 Å². The van der Waals surface area contributed by atoms with Crippen LogP contribution in [0.4, 0.5) is 5.82 Å². The molecule has 31 heavy (non-hydrogen) atoms. The maximum atomic E-state index is 9.64. The van der Waals surface area contributed by atoms with E-state index < -0.39 is 0 Å². The molecule has 2 aromatic carbocycles. The van der Waals surface area contributed by atoms with Crippen LogP contribution < -0.4 is 5.32 Å². The normalized spacial score (nSPS) is 12.2. The Morgan fingerprint density at radius 3 is 2.45 bits per heavy atom. The molecule has 0 aliphatic carbocycles. The Kier molecular flexibility index (Phi) is 4.67. The van der Waals surface area contributed by atoms with Crippen LogP contribution in [0, 0.1) is 6.92 Å². The molecule has 0 amide bonds. The first-order chi connectivity index (χ1) is 15.1. The summed E-state index contributed by atoms with van der Waals surface area (Å²) in [6.45, 7) is 4.19. The maximum absolute atomic E-state index is 9.64. The van der Waals surface area contributed by atoms with E-state index >= 15 is 0 Å². The predicted octanol–water partition coefficient (Wildman–Crippen LogP) is 5.81. The van der Waals surface area contributed by atoms with Crippen LogP contribution in [-0.2, 0) is 0 Å². The van der Waals surface area contributed by atoms with Gasteiger partial charge in [0.2, 0.25) is 0 Å². The molecule has 3 heterocycles. The lowest BCUT2D eigenvalue weighted by Crippen LogP contribution is -2.10. The Hall–Kier alpha value is -4.06. The number of nitrogens with one attached hydrogen (secondary N) is 3. The summed E-state index contributed by atoms with van der Waals surface area (Å²) in [6.07, 6.45) is 3.49. The zero-order valence-electron chi connectivity index (χ0n) is 17.3. The van der Waals surface area contributed by atoms with Crippen molar-refractivity contribution in [3.8, 4) is 28.0 Å². The molecule has 0 saturated heterocycles. The molecule has 1 unspecified atom stereocenters. The SMILES string of the molecule is Cc1cc(-c2ccccc2)c(C(C)Nc2ncnc3[nH]cc(-c4ccc(O)cc4)c23)[nH]1. The van der Waals surface area contributed by atoms with Crippen LogP contribution in [0.15, 0.2) is 73.2 Å². The van der Waals surface area contributed by atoms with Gasteiger partial charge in [0.15, 0.2) is 0 Å². The van der Waals surface area contributed by atoms with E-state index in [9.17, 15) is 5.11 Å². The lowest BCUT2D eigenvalue weighted by Gasteiger charge is -2.17. The molecule has 0 radical (unpaired) electrons. The molecule has 0 aliphatic rings. The molecule has 0 aliphatic heterocycles. The fraction of sp³-hybridized carbons (Fsp3) is 0.120. The number of phenols is 1. The minimum Gasteiger partial charge on any atom is -0.508 e. The fourth-order valence-corrected chi connectivity index (χ4v) is 4.03. The van der Waals surface area contributed by atoms with Crippen LogP contribution in [0.1, 0.15) is 24.4 Å². The number of hydrogen-bond donors (Lipinski definition) is 4. The average molecular weight is 409 g/mol. The lowest BCUT2D eigenvalue weighted by molar-refractivity contribution is 0.475. The van der Waals surface area contributed by atoms with Crippen LogP contribution in [0.2, 0.25) is 0 Å². The minimum atomic E-state index is -0.00965. The highest BCUT2D eigenvalue weighted by atomic mass is 16.3. The molecule has 1 atom stereocenters. The quantitative estimate of drug-likeness (QED) is 0.295. The molecule has 0 saturated carbocycles. The molecule has 4 N–H and O–H groups in total. The van der Waals surface area contributed by atoms with Crippen molar-refractivity contribution < 1.29 is 5.11 Å². The van der Waals surface area contributed by atoms with Crippen LogP contribution >= 0.6 is 0 Å². The van der Waals surface area contributed by atoms with E-state index in [-0.39, 0.29) is 11.8 Å². The Morgan fingerprint density at radius 2 is 1.68 bits per heavy atom. The molecular formula is C25H23N5O. The molecule has 0 spiro atoms. The highest BCUT2D eigenvalue weighted by molar-refractivity contribution is 6.01. The molecule has 154 valence electrons. The van der Waals surface area contributed by atoms with Crippen LogP contribution in [0.5, 0.6) is 5.75 Å². The standard InChI is InChI=1S/C25H23N5O/c1-15-12-20(17-6-4-3-5-7-17)23(29-15)16(2)30-25-22-21(13-26-24(22)27-14-28-25)18-8-10-19(31)11-9-18/h3-14,16,29,31H,1-2H3,(H2,26,27,28,30). The minimum absolute atomic E-state index is 0.00965. The van der Waals surface area contributed by atoms with Gasteiger partial charge in [0, 0.05) is 28.7 Å². The molecule has 6 nitrogen and oxygen atoms in total. The zero-order chi connectivity index (χ0) is 21.4. The van der Waals surface area contributed by atoms with Crippen molar-refractivity contribution in [3.63, 3.8) is 0 Å². The van der Waals surface area contributed by atoms with E-state index in [0.717, 1.165) is 39.4 Å². The molecule has 6 heteroatoms. The van der Waals surface area contributed by atoms with Gasteiger partial charge in [-0.1, -0.05) is 42.5 Å². The number of aromatic amines is 2. The van der Waals surface area contributed by atoms with Gasteiger partial charge in [0.1, 0.15) is 23.5 Å².